The average molecular weight is 392 g/mol. The molecule has 0 radical (unpaired) electrons. The van der Waals surface area contributed by atoms with E-state index in [9.17, 15) is 10.2 Å². The summed E-state index contributed by atoms with van der Waals surface area (Å²) in [5.41, 5.74) is 1.10. The first kappa shape index (κ1) is 21.4. The van der Waals surface area contributed by atoms with Gasteiger partial charge in [-0.2, -0.15) is 0 Å². The number of piperazine rings is 1. The van der Waals surface area contributed by atoms with E-state index < -0.39 is 0 Å². The Labute approximate surface area is 169 Å². The molecule has 3 rings (SSSR count). The predicted molar refractivity (Wildman–Crippen MR) is 112 cm³/mol. The molecule has 2 saturated heterocycles. The van der Waals surface area contributed by atoms with Gasteiger partial charge in [0.2, 0.25) is 0 Å². The molecular weight excluding hydrogens is 354 g/mol. The summed E-state index contributed by atoms with van der Waals surface area (Å²) in [5.74, 6) is 0.971. The zero-order chi connectivity index (χ0) is 20.1. The Kier molecular flexibility index (Phi) is 7.57. The highest BCUT2D eigenvalue weighted by atomic mass is 16.5. The number of methoxy groups -OCH3 is 1. The SMILES string of the molecule is COc1cc(O)ccc1CN1CCN(C2CCN(C(C)C)CC2)C(CCO)C1. The lowest BCUT2D eigenvalue weighted by Gasteiger charge is -2.48. The monoisotopic (exact) mass is 391 g/mol. The number of aliphatic hydroxyl groups excluding tert-OH is 1. The van der Waals surface area contributed by atoms with Crippen LogP contribution in [-0.4, -0.2) is 89.5 Å². The molecule has 0 spiro atoms. The number of likely N-dealkylation sites (tertiary alicyclic amines) is 1. The Bertz CT molecular complexity index is 617. The van der Waals surface area contributed by atoms with Crippen molar-refractivity contribution in [3.8, 4) is 11.5 Å². The molecule has 28 heavy (non-hydrogen) atoms. The maximum Gasteiger partial charge on any atom is 0.127 e. The second kappa shape index (κ2) is 9.92. The molecule has 6 nitrogen and oxygen atoms in total. The van der Waals surface area contributed by atoms with Crippen LogP contribution in [0.2, 0.25) is 0 Å². The number of aliphatic hydroxyl groups is 1. The Hall–Kier alpha value is -1.34. The van der Waals surface area contributed by atoms with Gasteiger partial charge < -0.3 is 19.8 Å². The molecule has 2 aliphatic heterocycles. The lowest BCUT2D eigenvalue weighted by Crippen LogP contribution is -2.58. The molecule has 2 heterocycles. The zero-order valence-electron chi connectivity index (χ0n) is 17.7. The standard InChI is InChI=1S/C22H37N3O3/c1-17(2)24-9-6-19(7-10-24)25-12-11-23(16-20(25)8-13-26)15-18-4-5-21(27)14-22(18)28-3/h4-5,14,17,19-20,26-27H,6-13,15-16H2,1-3H3. The molecule has 0 amide bonds. The maximum absolute atomic E-state index is 9.69. The van der Waals surface area contributed by atoms with Crippen LogP contribution in [0.3, 0.4) is 0 Å². The molecule has 6 heteroatoms. The van der Waals surface area contributed by atoms with Crippen molar-refractivity contribution in [3.63, 3.8) is 0 Å². The van der Waals surface area contributed by atoms with Crippen molar-refractivity contribution >= 4 is 0 Å². The number of hydrogen-bond acceptors (Lipinski definition) is 6. The van der Waals surface area contributed by atoms with Crippen LogP contribution >= 0.6 is 0 Å². The number of piperidine rings is 1. The van der Waals surface area contributed by atoms with Gasteiger partial charge in [0.1, 0.15) is 11.5 Å². The van der Waals surface area contributed by atoms with E-state index in [1.165, 1.54) is 25.9 Å². The minimum absolute atomic E-state index is 0.233. The number of rotatable bonds is 7. The number of benzene rings is 1. The molecule has 158 valence electrons. The van der Waals surface area contributed by atoms with Gasteiger partial charge in [-0.3, -0.25) is 9.80 Å². The van der Waals surface area contributed by atoms with Gasteiger partial charge in [-0.15, -0.1) is 0 Å². The summed E-state index contributed by atoms with van der Waals surface area (Å²) >= 11 is 0. The fourth-order valence-electron chi connectivity index (χ4n) is 4.80. The summed E-state index contributed by atoms with van der Waals surface area (Å²) in [7, 11) is 1.65. The van der Waals surface area contributed by atoms with Gasteiger partial charge in [-0.25, -0.2) is 0 Å². The first-order chi connectivity index (χ1) is 13.5. The van der Waals surface area contributed by atoms with Gasteiger partial charge in [0.25, 0.3) is 0 Å². The van der Waals surface area contributed by atoms with Crippen LogP contribution in [0.1, 0.15) is 38.7 Å². The van der Waals surface area contributed by atoms with E-state index in [1.54, 1.807) is 19.2 Å². The summed E-state index contributed by atoms with van der Waals surface area (Å²) in [5, 5.41) is 19.3. The minimum atomic E-state index is 0.233. The number of aromatic hydroxyl groups is 1. The highest BCUT2D eigenvalue weighted by Crippen LogP contribution is 2.28. The van der Waals surface area contributed by atoms with Crippen LogP contribution in [-0.2, 0) is 6.54 Å². The molecule has 0 aliphatic carbocycles. The van der Waals surface area contributed by atoms with Crippen molar-refractivity contribution in [2.24, 2.45) is 0 Å². The number of phenols is 1. The van der Waals surface area contributed by atoms with Gasteiger partial charge in [0.05, 0.1) is 7.11 Å². The smallest absolute Gasteiger partial charge is 0.127 e. The van der Waals surface area contributed by atoms with Crippen LogP contribution in [0.15, 0.2) is 18.2 Å². The van der Waals surface area contributed by atoms with Crippen molar-refractivity contribution in [1.82, 2.24) is 14.7 Å². The highest BCUT2D eigenvalue weighted by Gasteiger charge is 2.34. The van der Waals surface area contributed by atoms with Gasteiger partial charge in [0, 0.05) is 62.5 Å². The highest BCUT2D eigenvalue weighted by molar-refractivity contribution is 5.40. The number of ether oxygens (including phenoxy) is 1. The molecule has 0 bridgehead atoms. The molecule has 2 N–H and O–H groups in total. The van der Waals surface area contributed by atoms with Crippen LogP contribution in [0.5, 0.6) is 11.5 Å². The van der Waals surface area contributed by atoms with Gasteiger partial charge in [-0.05, 0) is 52.3 Å². The van der Waals surface area contributed by atoms with Crippen LogP contribution in [0.25, 0.3) is 0 Å². The second-order valence-electron chi connectivity index (χ2n) is 8.50. The fourth-order valence-corrected chi connectivity index (χ4v) is 4.80. The topological polar surface area (TPSA) is 59.4 Å². The summed E-state index contributed by atoms with van der Waals surface area (Å²) < 4.78 is 5.45. The fraction of sp³-hybridized carbons (Fsp3) is 0.727. The molecule has 0 aromatic heterocycles. The van der Waals surface area contributed by atoms with Crippen molar-refractivity contribution in [2.75, 3.05) is 46.4 Å². The lowest BCUT2D eigenvalue weighted by molar-refractivity contribution is -0.000197. The summed E-state index contributed by atoms with van der Waals surface area (Å²) in [4.78, 5) is 7.69. The van der Waals surface area contributed by atoms with E-state index in [1.807, 2.05) is 6.07 Å². The van der Waals surface area contributed by atoms with E-state index in [0.29, 0.717) is 18.1 Å². The molecular formula is C22H37N3O3. The molecule has 2 fully saturated rings. The van der Waals surface area contributed by atoms with E-state index in [2.05, 4.69) is 28.5 Å². The van der Waals surface area contributed by atoms with Gasteiger partial charge in [-0.1, -0.05) is 6.07 Å². The van der Waals surface area contributed by atoms with E-state index >= 15 is 0 Å². The van der Waals surface area contributed by atoms with Crippen molar-refractivity contribution in [1.29, 1.82) is 0 Å². The Morgan fingerprint density at radius 3 is 2.54 bits per heavy atom. The van der Waals surface area contributed by atoms with E-state index in [4.69, 9.17) is 4.74 Å². The van der Waals surface area contributed by atoms with E-state index in [-0.39, 0.29) is 12.4 Å². The zero-order valence-corrected chi connectivity index (χ0v) is 17.7. The molecule has 0 saturated carbocycles. The van der Waals surface area contributed by atoms with Crippen LogP contribution in [0.4, 0.5) is 0 Å². The Morgan fingerprint density at radius 2 is 1.89 bits per heavy atom. The minimum Gasteiger partial charge on any atom is -0.508 e. The summed E-state index contributed by atoms with van der Waals surface area (Å²) in [6.07, 6.45) is 3.28. The van der Waals surface area contributed by atoms with Gasteiger partial charge >= 0.3 is 0 Å². The molecule has 1 atom stereocenters. The molecule has 1 aromatic rings. The van der Waals surface area contributed by atoms with Crippen LogP contribution < -0.4 is 4.74 Å². The predicted octanol–water partition coefficient (Wildman–Crippen LogP) is 2.14. The number of nitrogens with zero attached hydrogens (tertiary/aromatic N) is 3. The molecule has 1 unspecified atom stereocenters. The second-order valence-corrected chi connectivity index (χ2v) is 8.50. The van der Waals surface area contributed by atoms with Crippen molar-refractivity contribution in [3.05, 3.63) is 23.8 Å². The largest absolute Gasteiger partial charge is 0.508 e. The van der Waals surface area contributed by atoms with E-state index in [0.717, 1.165) is 43.9 Å². The lowest BCUT2D eigenvalue weighted by atomic mass is 9.97. The third-order valence-electron chi connectivity index (χ3n) is 6.44. The van der Waals surface area contributed by atoms with Crippen molar-refractivity contribution < 1.29 is 14.9 Å². The quantitative estimate of drug-likeness (QED) is 0.743. The average Bonchev–Trinajstić information content (AvgIpc) is 2.70. The van der Waals surface area contributed by atoms with Gasteiger partial charge in [0.15, 0.2) is 0 Å². The summed E-state index contributed by atoms with van der Waals surface area (Å²) in [6, 6.07) is 7.02. The Morgan fingerprint density at radius 1 is 1.14 bits per heavy atom. The summed E-state index contributed by atoms with van der Waals surface area (Å²) in [6.45, 7) is 11.0. The third kappa shape index (κ3) is 5.17. The normalized spacial score (nSPS) is 23.4. The number of phenolic OH excluding ortho intramolecular Hbond substituents is 1. The van der Waals surface area contributed by atoms with Crippen LogP contribution in [0, 0.1) is 0 Å². The maximum atomic E-state index is 9.69. The molecule has 2 aliphatic rings. The first-order valence-electron chi connectivity index (χ1n) is 10.7. The first-order valence-corrected chi connectivity index (χ1v) is 10.7. The third-order valence-corrected chi connectivity index (χ3v) is 6.44. The number of hydrogen-bond donors (Lipinski definition) is 2. The molecule has 1 aromatic carbocycles. The Balaban J connectivity index is 1.61. The van der Waals surface area contributed by atoms with Crippen molar-refractivity contribution in [2.45, 2.75) is 57.8 Å².